The molecule has 0 aromatic rings. The molecular weight excluding hydrogens is 320 g/mol. The quantitative estimate of drug-likeness (QED) is 0.264. The zero-order valence-electron chi connectivity index (χ0n) is 19.4. The van der Waals surface area contributed by atoms with E-state index in [-0.39, 0.29) is 11.5 Å². The van der Waals surface area contributed by atoms with E-state index in [1.165, 1.54) is 51.4 Å². The number of unbranched alkanes of at least 4 members (excludes halogenated alkanes) is 2. The monoisotopic (exact) mass is 370 g/mol. The SMILES string of the molecule is CCCCC(CC)COCC(C)(C)C(OCC(CC)CCCC)C(C)C. The highest BCUT2D eigenvalue weighted by atomic mass is 16.5. The van der Waals surface area contributed by atoms with Gasteiger partial charge in [0.05, 0.1) is 12.7 Å². The summed E-state index contributed by atoms with van der Waals surface area (Å²) in [5.41, 5.74) is 0.0558. The van der Waals surface area contributed by atoms with E-state index in [2.05, 4.69) is 55.4 Å². The highest BCUT2D eigenvalue weighted by molar-refractivity contribution is 4.82. The first-order valence-corrected chi connectivity index (χ1v) is 11.5. The van der Waals surface area contributed by atoms with Gasteiger partial charge in [0.1, 0.15) is 0 Å². The van der Waals surface area contributed by atoms with E-state index in [4.69, 9.17) is 9.47 Å². The molecule has 0 fully saturated rings. The molecule has 2 nitrogen and oxygen atoms in total. The highest BCUT2D eigenvalue weighted by Gasteiger charge is 2.33. The fourth-order valence-electron chi connectivity index (χ4n) is 3.93. The molecule has 158 valence electrons. The molecule has 0 radical (unpaired) electrons. The standard InChI is InChI=1S/C24H50O2/c1-9-13-15-21(11-3)17-25-19-24(7,8)23(20(5)6)26-18-22(12-4)16-14-10-2/h20-23H,9-19H2,1-8H3. The van der Waals surface area contributed by atoms with Crippen molar-refractivity contribution in [2.45, 2.75) is 113 Å². The molecule has 0 aliphatic rings. The Morgan fingerprint density at radius 1 is 0.769 bits per heavy atom. The summed E-state index contributed by atoms with van der Waals surface area (Å²) in [5, 5.41) is 0. The van der Waals surface area contributed by atoms with Gasteiger partial charge in [-0.05, 0) is 30.6 Å². The van der Waals surface area contributed by atoms with Crippen molar-refractivity contribution in [3.8, 4) is 0 Å². The van der Waals surface area contributed by atoms with Crippen LogP contribution in [-0.4, -0.2) is 25.9 Å². The van der Waals surface area contributed by atoms with E-state index < -0.39 is 0 Å². The van der Waals surface area contributed by atoms with Crippen molar-refractivity contribution in [2.24, 2.45) is 23.2 Å². The maximum Gasteiger partial charge on any atom is 0.0670 e. The molecule has 0 aliphatic heterocycles. The Morgan fingerprint density at radius 3 is 1.69 bits per heavy atom. The van der Waals surface area contributed by atoms with Crippen LogP contribution in [0, 0.1) is 23.2 Å². The first-order chi connectivity index (χ1) is 12.3. The molecule has 0 aliphatic carbocycles. The third-order valence-corrected chi connectivity index (χ3v) is 5.80. The smallest absolute Gasteiger partial charge is 0.0670 e. The first kappa shape index (κ1) is 25.9. The second kappa shape index (κ2) is 14.9. The lowest BCUT2D eigenvalue weighted by Gasteiger charge is -2.38. The Kier molecular flexibility index (Phi) is 14.9. The van der Waals surface area contributed by atoms with Crippen LogP contribution in [-0.2, 0) is 9.47 Å². The van der Waals surface area contributed by atoms with E-state index in [1.54, 1.807) is 0 Å². The molecule has 3 unspecified atom stereocenters. The predicted octanol–water partition coefficient (Wildman–Crippen LogP) is 7.50. The summed E-state index contributed by atoms with van der Waals surface area (Å²) in [5.74, 6) is 1.92. The molecule has 0 amide bonds. The van der Waals surface area contributed by atoms with Gasteiger partial charge in [-0.15, -0.1) is 0 Å². The van der Waals surface area contributed by atoms with Gasteiger partial charge in [-0.25, -0.2) is 0 Å². The van der Waals surface area contributed by atoms with E-state index in [9.17, 15) is 0 Å². The summed E-state index contributed by atoms with van der Waals surface area (Å²) in [6.45, 7) is 20.9. The van der Waals surface area contributed by atoms with Gasteiger partial charge >= 0.3 is 0 Å². The number of ether oxygens (including phenoxy) is 2. The summed E-state index contributed by atoms with van der Waals surface area (Å²) in [6, 6.07) is 0. The minimum absolute atomic E-state index is 0.0558. The summed E-state index contributed by atoms with van der Waals surface area (Å²) < 4.78 is 12.7. The van der Waals surface area contributed by atoms with Crippen molar-refractivity contribution in [2.75, 3.05) is 19.8 Å². The third kappa shape index (κ3) is 10.9. The molecule has 26 heavy (non-hydrogen) atoms. The molecule has 0 bridgehead atoms. The summed E-state index contributed by atoms with van der Waals surface area (Å²) in [6.07, 6.45) is 10.5. The van der Waals surface area contributed by atoms with Gasteiger partial charge in [-0.3, -0.25) is 0 Å². The minimum atomic E-state index is 0.0558. The van der Waals surface area contributed by atoms with Crippen LogP contribution >= 0.6 is 0 Å². The Morgan fingerprint density at radius 2 is 1.27 bits per heavy atom. The van der Waals surface area contributed by atoms with Crippen LogP contribution < -0.4 is 0 Å². The van der Waals surface area contributed by atoms with E-state index in [0.29, 0.717) is 17.8 Å². The molecule has 0 N–H and O–H groups in total. The van der Waals surface area contributed by atoms with Crippen LogP contribution in [0.3, 0.4) is 0 Å². The van der Waals surface area contributed by atoms with Crippen molar-refractivity contribution in [3.05, 3.63) is 0 Å². The lowest BCUT2D eigenvalue weighted by Crippen LogP contribution is -2.41. The van der Waals surface area contributed by atoms with E-state index in [1.807, 2.05) is 0 Å². The van der Waals surface area contributed by atoms with Gasteiger partial charge in [0, 0.05) is 18.6 Å². The van der Waals surface area contributed by atoms with Gasteiger partial charge in [0.15, 0.2) is 0 Å². The molecule has 0 aromatic carbocycles. The zero-order chi connectivity index (χ0) is 20.0. The average Bonchev–Trinajstić information content (AvgIpc) is 2.60. The average molecular weight is 371 g/mol. The fraction of sp³-hybridized carbons (Fsp3) is 1.00. The molecule has 0 aromatic heterocycles. The fourth-order valence-corrected chi connectivity index (χ4v) is 3.93. The van der Waals surface area contributed by atoms with Crippen LogP contribution in [0.5, 0.6) is 0 Å². The highest BCUT2D eigenvalue weighted by Crippen LogP contribution is 2.31. The van der Waals surface area contributed by atoms with Gasteiger partial charge < -0.3 is 9.47 Å². The normalized spacial score (nSPS) is 16.0. The summed E-state index contributed by atoms with van der Waals surface area (Å²) >= 11 is 0. The zero-order valence-corrected chi connectivity index (χ0v) is 19.4. The number of hydrogen-bond acceptors (Lipinski definition) is 2. The molecule has 0 heterocycles. The van der Waals surface area contributed by atoms with Crippen LogP contribution in [0.1, 0.15) is 107 Å². The molecular formula is C24H50O2. The molecule has 2 heteroatoms. The van der Waals surface area contributed by atoms with Crippen molar-refractivity contribution < 1.29 is 9.47 Å². The van der Waals surface area contributed by atoms with E-state index in [0.717, 1.165) is 19.8 Å². The van der Waals surface area contributed by atoms with Crippen molar-refractivity contribution in [1.82, 2.24) is 0 Å². The van der Waals surface area contributed by atoms with Crippen LogP contribution in [0.2, 0.25) is 0 Å². The Labute approximate surface area is 165 Å². The van der Waals surface area contributed by atoms with Gasteiger partial charge in [-0.1, -0.05) is 93.9 Å². The Balaban J connectivity index is 4.54. The molecule has 0 spiro atoms. The lowest BCUT2D eigenvalue weighted by molar-refractivity contribution is -0.0995. The third-order valence-electron chi connectivity index (χ3n) is 5.80. The molecule has 0 saturated carbocycles. The maximum atomic E-state index is 6.49. The van der Waals surface area contributed by atoms with Crippen LogP contribution in [0.15, 0.2) is 0 Å². The largest absolute Gasteiger partial charge is 0.381 e. The van der Waals surface area contributed by atoms with Crippen molar-refractivity contribution in [3.63, 3.8) is 0 Å². The van der Waals surface area contributed by atoms with Crippen molar-refractivity contribution >= 4 is 0 Å². The van der Waals surface area contributed by atoms with Crippen molar-refractivity contribution in [1.29, 1.82) is 0 Å². The number of rotatable bonds is 17. The first-order valence-electron chi connectivity index (χ1n) is 11.5. The topological polar surface area (TPSA) is 18.5 Å². The second-order valence-electron chi connectivity index (χ2n) is 9.33. The molecule has 0 saturated heterocycles. The van der Waals surface area contributed by atoms with Gasteiger partial charge in [0.25, 0.3) is 0 Å². The van der Waals surface area contributed by atoms with Gasteiger partial charge in [-0.2, -0.15) is 0 Å². The predicted molar refractivity (Wildman–Crippen MR) is 116 cm³/mol. The lowest BCUT2D eigenvalue weighted by atomic mass is 9.81. The van der Waals surface area contributed by atoms with E-state index >= 15 is 0 Å². The maximum absolute atomic E-state index is 6.49. The minimum Gasteiger partial charge on any atom is -0.381 e. The Bertz CT molecular complexity index is 311. The molecule has 0 rings (SSSR count). The van der Waals surface area contributed by atoms with Crippen LogP contribution in [0.25, 0.3) is 0 Å². The Hall–Kier alpha value is -0.0800. The summed E-state index contributed by atoms with van der Waals surface area (Å²) in [4.78, 5) is 0. The van der Waals surface area contributed by atoms with Crippen LogP contribution in [0.4, 0.5) is 0 Å². The molecule has 3 atom stereocenters. The second-order valence-corrected chi connectivity index (χ2v) is 9.33. The summed E-state index contributed by atoms with van der Waals surface area (Å²) in [7, 11) is 0. The van der Waals surface area contributed by atoms with Gasteiger partial charge in [0.2, 0.25) is 0 Å². The number of hydrogen-bond donors (Lipinski definition) is 0.